The van der Waals surface area contributed by atoms with Crippen LogP contribution < -0.4 is 0 Å². The third kappa shape index (κ3) is 3.23. The SMILES string of the molecule is N#C/C(=C/c1cc(Br)c(O)c(I)c1)c1nc2ccc(F)cc2[nH]1. The van der Waals surface area contributed by atoms with Crippen LogP contribution in [-0.4, -0.2) is 15.1 Å². The topological polar surface area (TPSA) is 72.7 Å². The van der Waals surface area contributed by atoms with Gasteiger partial charge in [-0.2, -0.15) is 5.26 Å². The van der Waals surface area contributed by atoms with E-state index in [1.807, 2.05) is 22.6 Å². The largest absolute Gasteiger partial charge is 0.506 e. The minimum absolute atomic E-state index is 0.153. The van der Waals surface area contributed by atoms with E-state index in [0.29, 0.717) is 30.5 Å². The number of H-pyrrole nitrogens is 1. The molecule has 7 heteroatoms. The lowest BCUT2D eigenvalue weighted by Crippen LogP contribution is -1.86. The maximum absolute atomic E-state index is 13.2. The fourth-order valence-electron chi connectivity index (χ4n) is 2.10. The maximum Gasteiger partial charge on any atom is 0.149 e. The molecule has 1 aromatic heterocycles. The molecule has 4 nitrogen and oxygen atoms in total. The Kier molecular flexibility index (Phi) is 4.37. The Labute approximate surface area is 152 Å². The summed E-state index contributed by atoms with van der Waals surface area (Å²) in [5.41, 5.74) is 2.17. The monoisotopic (exact) mass is 483 g/mol. The quantitative estimate of drug-likeness (QED) is 0.404. The standard InChI is InChI=1S/C16H8BrFIN3O/c17-11-4-8(5-12(19)15(11)23)3-9(7-20)16-21-13-2-1-10(18)6-14(13)22-16/h1-6,23H,(H,21,22)/b9-3-. The second-order valence-electron chi connectivity index (χ2n) is 4.75. The first-order chi connectivity index (χ1) is 11.0. The molecule has 2 aromatic carbocycles. The number of imidazole rings is 1. The zero-order valence-electron chi connectivity index (χ0n) is 11.4. The molecule has 0 spiro atoms. The molecule has 0 aliphatic carbocycles. The average Bonchev–Trinajstić information content (AvgIpc) is 2.92. The van der Waals surface area contributed by atoms with E-state index in [2.05, 4.69) is 32.0 Å². The van der Waals surface area contributed by atoms with Gasteiger partial charge in [-0.25, -0.2) is 9.37 Å². The Morgan fingerprint density at radius 2 is 2.17 bits per heavy atom. The molecule has 114 valence electrons. The van der Waals surface area contributed by atoms with Crippen molar-refractivity contribution in [1.82, 2.24) is 9.97 Å². The zero-order chi connectivity index (χ0) is 16.6. The number of nitrogens with one attached hydrogen (secondary N) is 1. The first kappa shape index (κ1) is 16.0. The Bertz CT molecular complexity index is 968. The van der Waals surface area contributed by atoms with Gasteiger partial charge in [-0.15, -0.1) is 0 Å². The molecule has 0 aliphatic heterocycles. The number of phenols is 1. The number of halogens is 3. The van der Waals surface area contributed by atoms with E-state index in [4.69, 9.17) is 0 Å². The highest BCUT2D eigenvalue weighted by Crippen LogP contribution is 2.31. The number of nitriles is 1. The normalized spacial score (nSPS) is 11.7. The van der Waals surface area contributed by atoms with Gasteiger partial charge in [-0.05, 0) is 80.5 Å². The van der Waals surface area contributed by atoms with Crippen molar-refractivity contribution in [2.24, 2.45) is 0 Å². The van der Waals surface area contributed by atoms with Crippen LogP contribution in [0.4, 0.5) is 4.39 Å². The minimum Gasteiger partial charge on any atom is -0.506 e. The van der Waals surface area contributed by atoms with E-state index in [9.17, 15) is 14.8 Å². The summed E-state index contributed by atoms with van der Waals surface area (Å²) in [6, 6.07) is 9.76. The second kappa shape index (κ2) is 6.29. The fourth-order valence-corrected chi connectivity index (χ4v) is 3.60. The van der Waals surface area contributed by atoms with E-state index in [1.54, 1.807) is 24.3 Å². The Morgan fingerprint density at radius 3 is 2.87 bits per heavy atom. The second-order valence-corrected chi connectivity index (χ2v) is 6.77. The third-order valence-corrected chi connectivity index (χ3v) is 4.60. The van der Waals surface area contributed by atoms with Crippen molar-refractivity contribution in [3.05, 3.63) is 55.6 Å². The van der Waals surface area contributed by atoms with E-state index in [0.717, 1.165) is 5.56 Å². The minimum atomic E-state index is -0.368. The van der Waals surface area contributed by atoms with E-state index < -0.39 is 0 Å². The van der Waals surface area contributed by atoms with Gasteiger partial charge in [-0.1, -0.05) is 0 Å². The summed E-state index contributed by atoms with van der Waals surface area (Å²) in [6.07, 6.45) is 1.65. The molecule has 0 bridgehead atoms. The van der Waals surface area contributed by atoms with Gasteiger partial charge in [-0.3, -0.25) is 0 Å². The lowest BCUT2D eigenvalue weighted by Gasteiger charge is -2.03. The van der Waals surface area contributed by atoms with Crippen LogP contribution in [0.1, 0.15) is 11.4 Å². The summed E-state index contributed by atoms with van der Waals surface area (Å²) in [5, 5.41) is 19.2. The van der Waals surface area contributed by atoms with Crippen LogP contribution >= 0.6 is 38.5 Å². The van der Waals surface area contributed by atoms with Crippen LogP contribution in [0.5, 0.6) is 5.75 Å². The molecule has 2 N–H and O–H groups in total. The van der Waals surface area contributed by atoms with E-state index >= 15 is 0 Å². The van der Waals surface area contributed by atoms with Crippen molar-refractivity contribution in [3.63, 3.8) is 0 Å². The van der Waals surface area contributed by atoms with Gasteiger partial charge < -0.3 is 10.1 Å². The molecule has 3 rings (SSSR count). The number of rotatable bonds is 2. The molecular weight excluding hydrogens is 476 g/mol. The Morgan fingerprint density at radius 1 is 1.39 bits per heavy atom. The molecule has 0 unspecified atom stereocenters. The number of phenolic OH excluding ortho intramolecular Hbond substituents is 1. The molecule has 0 amide bonds. The molecule has 0 atom stereocenters. The molecular formula is C16H8BrFIN3O. The van der Waals surface area contributed by atoms with Crippen molar-refractivity contribution in [1.29, 1.82) is 5.26 Å². The number of nitrogens with zero attached hydrogens (tertiary/aromatic N) is 2. The van der Waals surface area contributed by atoms with Crippen LogP contribution in [0.25, 0.3) is 22.7 Å². The zero-order valence-corrected chi connectivity index (χ0v) is 15.2. The van der Waals surface area contributed by atoms with Gasteiger partial charge in [0, 0.05) is 0 Å². The average molecular weight is 484 g/mol. The van der Waals surface area contributed by atoms with Gasteiger partial charge in [0.15, 0.2) is 0 Å². The van der Waals surface area contributed by atoms with Crippen molar-refractivity contribution in [3.8, 4) is 11.8 Å². The number of hydrogen-bond donors (Lipinski definition) is 2. The molecule has 0 saturated heterocycles. The van der Waals surface area contributed by atoms with Crippen LogP contribution in [0.15, 0.2) is 34.8 Å². The van der Waals surface area contributed by atoms with E-state index in [-0.39, 0.29) is 11.6 Å². The van der Waals surface area contributed by atoms with Gasteiger partial charge in [0.05, 0.1) is 24.6 Å². The molecule has 0 saturated carbocycles. The first-order valence-electron chi connectivity index (χ1n) is 6.43. The first-order valence-corrected chi connectivity index (χ1v) is 8.30. The summed E-state index contributed by atoms with van der Waals surface area (Å²) in [6.45, 7) is 0. The lowest BCUT2D eigenvalue weighted by molar-refractivity contribution is 0.468. The summed E-state index contributed by atoms with van der Waals surface area (Å²) in [5.74, 6) is 0.153. The Hall–Kier alpha value is -1.92. The number of aromatic nitrogens is 2. The molecule has 0 fully saturated rings. The van der Waals surface area contributed by atoms with Crippen LogP contribution in [0.2, 0.25) is 0 Å². The number of aromatic amines is 1. The number of benzene rings is 2. The Balaban J connectivity index is 2.09. The maximum atomic E-state index is 13.2. The third-order valence-electron chi connectivity index (χ3n) is 3.17. The van der Waals surface area contributed by atoms with Crippen molar-refractivity contribution >= 4 is 61.2 Å². The van der Waals surface area contributed by atoms with Crippen LogP contribution in [0, 0.1) is 20.7 Å². The van der Waals surface area contributed by atoms with Crippen LogP contribution in [-0.2, 0) is 0 Å². The summed E-state index contributed by atoms with van der Waals surface area (Å²) < 4.78 is 14.4. The molecule has 0 radical (unpaired) electrons. The van der Waals surface area contributed by atoms with Crippen molar-refractivity contribution in [2.75, 3.05) is 0 Å². The predicted octanol–water partition coefficient (Wildman–Crippen LogP) is 4.84. The van der Waals surface area contributed by atoms with Crippen LogP contribution in [0.3, 0.4) is 0 Å². The number of allylic oxidation sites excluding steroid dienone is 1. The molecule has 0 aliphatic rings. The van der Waals surface area contributed by atoms with Gasteiger partial charge in [0.2, 0.25) is 0 Å². The highest BCUT2D eigenvalue weighted by molar-refractivity contribution is 14.1. The summed E-state index contributed by atoms with van der Waals surface area (Å²) in [4.78, 5) is 7.25. The number of fused-ring (bicyclic) bond motifs is 1. The number of aromatic hydroxyl groups is 1. The predicted molar refractivity (Wildman–Crippen MR) is 98.1 cm³/mol. The van der Waals surface area contributed by atoms with Gasteiger partial charge in [0.1, 0.15) is 23.5 Å². The highest BCUT2D eigenvalue weighted by atomic mass is 127. The van der Waals surface area contributed by atoms with Gasteiger partial charge in [0.25, 0.3) is 0 Å². The van der Waals surface area contributed by atoms with E-state index in [1.165, 1.54) is 12.1 Å². The summed E-state index contributed by atoms with van der Waals surface area (Å²) in [7, 11) is 0. The summed E-state index contributed by atoms with van der Waals surface area (Å²) >= 11 is 5.28. The lowest BCUT2D eigenvalue weighted by atomic mass is 10.1. The molecule has 1 heterocycles. The smallest absolute Gasteiger partial charge is 0.149 e. The highest BCUT2D eigenvalue weighted by Gasteiger charge is 2.10. The molecule has 23 heavy (non-hydrogen) atoms. The molecule has 3 aromatic rings. The van der Waals surface area contributed by atoms with Gasteiger partial charge >= 0.3 is 0 Å². The fraction of sp³-hybridized carbons (Fsp3) is 0. The van der Waals surface area contributed by atoms with Crippen molar-refractivity contribution in [2.45, 2.75) is 0 Å². The van der Waals surface area contributed by atoms with Crippen molar-refractivity contribution < 1.29 is 9.50 Å². The number of hydrogen-bond acceptors (Lipinski definition) is 3.